The average molecular weight is 662 g/mol. The molecule has 0 amide bonds. The molecule has 0 radical (unpaired) electrons. The molecular formula is C34H27N7O6S. The Hall–Kier alpha value is -6.12. The molecule has 2 heterocycles. The molecule has 0 aliphatic heterocycles. The number of nitrogens with zero attached hydrogens (tertiary/aromatic N) is 4. The molecule has 1 aliphatic carbocycles. The van der Waals surface area contributed by atoms with Gasteiger partial charge >= 0.3 is 6.01 Å². The lowest BCUT2D eigenvalue weighted by molar-refractivity contribution is 0.104. The molecule has 1 aliphatic rings. The number of aromatic hydroxyl groups is 1. The van der Waals surface area contributed by atoms with Crippen molar-refractivity contribution in [2.24, 2.45) is 7.05 Å². The number of aryl methyl sites for hydroxylation is 3. The van der Waals surface area contributed by atoms with E-state index in [-0.39, 0.29) is 45.9 Å². The number of anilines is 6. The van der Waals surface area contributed by atoms with Gasteiger partial charge in [0.2, 0.25) is 11.9 Å². The molecule has 240 valence electrons. The first-order valence-electron chi connectivity index (χ1n) is 14.6. The Kier molecular flexibility index (Phi) is 7.18. The number of benzene rings is 4. The third-order valence-corrected chi connectivity index (χ3v) is 9.06. The van der Waals surface area contributed by atoms with E-state index in [9.17, 15) is 27.7 Å². The van der Waals surface area contributed by atoms with Gasteiger partial charge in [0, 0.05) is 35.4 Å². The van der Waals surface area contributed by atoms with Crippen LogP contribution in [0, 0.1) is 13.8 Å². The number of rotatable bonds is 7. The van der Waals surface area contributed by atoms with Gasteiger partial charge in [0.05, 0.1) is 22.5 Å². The predicted molar refractivity (Wildman–Crippen MR) is 182 cm³/mol. The van der Waals surface area contributed by atoms with E-state index in [0.717, 1.165) is 16.8 Å². The summed E-state index contributed by atoms with van der Waals surface area (Å²) in [5, 5.41) is 19.8. The van der Waals surface area contributed by atoms with Gasteiger partial charge in [0.15, 0.2) is 5.78 Å². The molecule has 13 nitrogen and oxygen atoms in total. The molecular weight excluding hydrogens is 634 g/mol. The lowest BCUT2D eigenvalue weighted by Crippen LogP contribution is -2.21. The molecule has 0 saturated heterocycles. The second-order valence-corrected chi connectivity index (χ2v) is 12.8. The van der Waals surface area contributed by atoms with E-state index >= 15 is 0 Å². The Labute approximate surface area is 273 Å². The van der Waals surface area contributed by atoms with Gasteiger partial charge in [0.25, 0.3) is 15.7 Å². The monoisotopic (exact) mass is 661 g/mol. The molecule has 0 spiro atoms. The van der Waals surface area contributed by atoms with E-state index in [1.165, 1.54) is 28.8 Å². The van der Waals surface area contributed by atoms with Gasteiger partial charge in [-0.05, 0) is 72.5 Å². The maximum atomic E-state index is 14.0. The Balaban J connectivity index is 1.31. The summed E-state index contributed by atoms with van der Waals surface area (Å²) in [5.74, 6) is -0.318. The molecule has 2 aromatic heterocycles. The van der Waals surface area contributed by atoms with Crippen LogP contribution in [0.1, 0.15) is 27.0 Å². The van der Waals surface area contributed by atoms with Crippen molar-refractivity contribution in [3.8, 4) is 17.1 Å². The number of carbonyl (C=O) groups is 1. The minimum Gasteiger partial charge on any atom is -0.479 e. The summed E-state index contributed by atoms with van der Waals surface area (Å²) in [6.07, 6.45) is 0. The zero-order valence-electron chi connectivity index (χ0n) is 25.7. The van der Waals surface area contributed by atoms with Crippen LogP contribution in [0.4, 0.5) is 34.6 Å². The van der Waals surface area contributed by atoms with Crippen molar-refractivity contribution in [1.82, 2.24) is 19.5 Å². The van der Waals surface area contributed by atoms with Crippen LogP contribution < -0.4 is 21.5 Å². The summed E-state index contributed by atoms with van der Waals surface area (Å²) in [6, 6.07) is 20.9. The topological polar surface area (TPSA) is 188 Å². The van der Waals surface area contributed by atoms with E-state index < -0.39 is 21.0 Å². The Morgan fingerprint density at radius 2 is 1.46 bits per heavy atom. The van der Waals surface area contributed by atoms with Crippen molar-refractivity contribution in [3.63, 3.8) is 0 Å². The number of hydrogen-bond acceptors (Lipinski definition) is 11. The highest BCUT2D eigenvalue weighted by Gasteiger charge is 2.29. The average Bonchev–Trinajstić information content (AvgIpc) is 3.03. The molecule has 0 bridgehead atoms. The van der Waals surface area contributed by atoms with Crippen LogP contribution in [0.25, 0.3) is 22.0 Å². The molecule has 5 N–H and O–H groups in total. The highest BCUT2D eigenvalue weighted by atomic mass is 32.2. The summed E-state index contributed by atoms with van der Waals surface area (Å²) in [7, 11) is -3.13. The first-order valence-corrected chi connectivity index (χ1v) is 16.1. The third kappa shape index (κ3) is 5.38. The summed E-state index contributed by atoms with van der Waals surface area (Å²) < 4.78 is 36.5. The van der Waals surface area contributed by atoms with Crippen LogP contribution in [-0.2, 0) is 17.2 Å². The van der Waals surface area contributed by atoms with E-state index in [4.69, 9.17) is 0 Å². The smallest absolute Gasteiger partial charge is 0.320 e. The van der Waals surface area contributed by atoms with Crippen molar-refractivity contribution in [3.05, 3.63) is 111 Å². The zero-order valence-corrected chi connectivity index (χ0v) is 26.5. The quantitative estimate of drug-likeness (QED) is 0.131. The van der Waals surface area contributed by atoms with Gasteiger partial charge in [-0.2, -0.15) is 23.4 Å². The van der Waals surface area contributed by atoms with E-state index in [1.54, 1.807) is 43.4 Å². The molecule has 0 unspecified atom stereocenters. The second-order valence-electron chi connectivity index (χ2n) is 11.4. The largest absolute Gasteiger partial charge is 0.479 e. The fraction of sp³-hybridized carbons (Fsp3) is 0.0882. The van der Waals surface area contributed by atoms with Crippen molar-refractivity contribution in [1.29, 1.82) is 0 Å². The second kappa shape index (κ2) is 11.3. The van der Waals surface area contributed by atoms with Gasteiger partial charge in [-0.25, -0.2) is 0 Å². The van der Waals surface area contributed by atoms with Gasteiger partial charge < -0.3 is 25.6 Å². The molecule has 0 atom stereocenters. The summed E-state index contributed by atoms with van der Waals surface area (Å²) in [5.41, 5.74) is 5.21. The first-order chi connectivity index (χ1) is 22.9. The minimum absolute atomic E-state index is 0.0565. The summed E-state index contributed by atoms with van der Waals surface area (Å²) >= 11 is 0. The van der Waals surface area contributed by atoms with Crippen molar-refractivity contribution < 1.29 is 22.9 Å². The number of carbonyl (C=O) groups excluding carboxylic acids is 1. The fourth-order valence-electron chi connectivity index (χ4n) is 5.83. The lowest BCUT2D eigenvalue weighted by Gasteiger charge is -2.24. The summed E-state index contributed by atoms with van der Waals surface area (Å²) in [4.78, 5) is 38.6. The van der Waals surface area contributed by atoms with Crippen LogP contribution in [0.15, 0.2) is 88.6 Å². The van der Waals surface area contributed by atoms with E-state index in [2.05, 4.69) is 30.9 Å². The van der Waals surface area contributed by atoms with Crippen LogP contribution in [0.2, 0.25) is 0 Å². The van der Waals surface area contributed by atoms with Crippen LogP contribution in [0.5, 0.6) is 6.01 Å². The number of nitrogens with one attached hydrogen (secondary N) is 3. The van der Waals surface area contributed by atoms with Crippen molar-refractivity contribution in [2.45, 2.75) is 18.7 Å². The normalized spacial score (nSPS) is 12.1. The van der Waals surface area contributed by atoms with Gasteiger partial charge in [-0.15, -0.1) is 0 Å². The third-order valence-electron chi connectivity index (χ3n) is 8.15. The van der Waals surface area contributed by atoms with Crippen LogP contribution >= 0.6 is 0 Å². The first kappa shape index (κ1) is 30.5. The van der Waals surface area contributed by atoms with E-state index in [0.29, 0.717) is 27.6 Å². The highest BCUT2D eigenvalue weighted by Crippen LogP contribution is 2.42. The van der Waals surface area contributed by atoms with Crippen molar-refractivity contribution >= 4 is 61.5 Å². The van der Waals surface area contributed by atoms with Crippen LogP contribution in [0.3, 0.4) is 0 Å². The molecule has 6 aromatic rings. The predicted octanol–water partition coefficient (Wildman–Crippen LogP) is 5.73. The number of fused-ring (bicyclic) bond motifs is 2. The molecule has 7 rings (SSSR count). The van der Waals surface area contributed by atoms with Gasteiger partial charge in [-0.1, -0.05) is 36.4 Å². The standard InChI is InChI=1S/C34H27N7O6S/c1-17-8-9-18(2)24(14-17)37-33-38-32(39-34(44)40-33)35-19-10-13-27(48(45,46)47)25(15-19)36-23-11-12-26-29-22(16-28(42)41(26)3)20-6-4-5-7-21(20)31(43)30(23)29/h4-16,36H,1-3H3,(H,45,46,47)(H3,35,37,38,39,40,44). The van der Waals surface area contributed by atoms with Crippen molar-refractivity contribution in [2.75, 3.05) is 16.0 Å². The molecule has 0 fully saturated rings. The van der Waals surface area contributed by atoms with Gasteiger partial charge in [-0.3, -0.25) is 14.1 Å². The Bertz CT molecular complexity index is 2510. The maximum absolute atomic E-state index is 14.0. The SMILES string of the molecule is Cc1ccc(C)c(Nc2nc(O)nc(Nc3ccc(S(=O)(=O)O)c(Nc4ccc5c6c(cc(=O)n5C)-c5ccccc5C(=O)c46)c3)n2)c1. The Morgan fingerprint density at radius 3 is 2.21 bits per heavy atom. The van der Waals surface area contributed by atoms with E-state index in [1.807, 2.05) is 32.0 Å². The van der Waals surface area contributed by atoms with Crippen LogP contribution in [-0.4, -0.2) is 43.4 Å². The number of ketones is 1. The number of hydrogen-bond donors (Lipinski definition) is 5. The summed E-state index contributed by atoms with van der Waals surface area (Å²) in [6.45, 7) is 3.85. The zero-order chi connectivity index (χ0) is 33.9. The maximum Gasteiger partial charge on any atom is 0.320 e. The Morgan fingerprint density at radius 1 is 0.729 bits per heavy atom. The molecule has 4 aromatic carbocycles. The lowest BCUT2D eigenvalue weighted by atomic mass is 9.83. The molecule has 48 heavy (non-hydrogen) atoms. The van der Waals surface area contributed by atoms with Gasteiger partial charge in [0.1, 0.15) is 4.90 Å². The number of pyridine rings is 1. The molecule has 14 heteroatoms. The minimum atomic E-state index is -4.74. The number of aromatic nitrogens is 4. The highest BCUT2D eigenvalue weighted by molar-refractivity contribution is 7.86. The fourth-order valence-corrected chi connectivity index (χ4v) is 6.46. The molecule has 0 saturated carbocycles.